The molecule has 21 heavy (non-hydrogen) atoms. The van der Waals surface area contributed by atoms with Crippen molar-refractivity contribution in [2.75, 3.05) is 0 Å². The predicted octanol–water partition coefficient (Wildman–Crippen LogP) is 3.93. The molecule has 1 aliphatic rings. The van der Waals surface area contributed by atoms with Gasteiger partial charge in [-0.15, -0.1) is 0 Å². The number of likely N-dealkylation sites (tertiary alicyclic amines) is 1. The molecular weight excluding hydrogens is 288 g/mol. The lowest BCUT2D eigenvalue weighted by atomic mass is 9.96. The van der Waals surface area contributed by atoms with Crippen molar-refractivity contribution >= 4 is 17.5 Å². The van der Waals surface area contributed by atoms with Gasteiger partial charge in [-0.1, -0.05) is 11.6 Å². The van der Waals surface area contributed by atoms with Gasteiger partial charge >= 0.3 is 0 Å². The van der Waals surface area contributed by atoms with Crippen LogP contribution < -0.4 is 4.74 Å². The minimum atomic E-state index is -0.00121. The molecule has 2 atom stereocenters. The van der Waals surface area contributed by atoms with E-state index in [1.165, 1.54) is 6.42 Å². The summed E-state index contributed by atoms with van der Waals surface area (Å²) in [4.78, 5) is 18.8. The van der Waals surface area contributed by atoms with Crippen LogP contribution in [-0.4, -0.2) is 34.0 Å². The largest absolute Gasteiger partial charge is 0.474 e. The van der Waals surface area contributed by atoms with Crippen LogP contribution in [0.2, 0.25) is 5.02 Å². The number of ether oxygens (including phenoxy) is 1. The number of hydrogen-bond donors (Lipinski definition) is 0. The number of rotatable bonds is 3. The van der Waals surface area contributed by atoms with E-state index < -0.39 is 0 Å². The van der Waals surface area contributed by atoms with Crippen LogP contribution in [0.1, 0.15) is 57.3 Å². The van der Waals surface area contributed by atoms with E-state index in [1.54, 1.807) is 12.3 Å². The normalized spacial score (nSPS) is 22.5. The number of halogens is 1. The number of hydrogen-bond acceptors (Lipinski definition) is 3. The van der Waals surface area contributed by atoms with E-state index in [4.69, 9.17) is 16.3 Å². The fourth-order valence-electron chi connectivity index (χ4n) is 2.82. The summed E-state index contributed by atoms with van der Waals surface area (Å²) in [6.45, 7) is 8.01. The highest BCUT2D eigenvalue weighted by Crippen LogP contribution is 2.27. The van der Waals surface area contributed by atoms with Crippen molar-refractivity contribution < 1.29 is 9.53 Å². The van der Waals surface area contributed by atoms with Crippen LogP contribution in [0.5, 0.6) is 5.88 Å². The van der Waals surface area contributed by atoms with Crippen LogP contribution in [0, 0.1) is 0 Å². The molecule has 2 rings (SSSR count). The van der Waals surface area contributed by atoms with Crippen molar-refractivity contribution in [2.24, 2.45) is 0 Å². The van der Waals surface area contributed by atoms with Gasteiger partial charge in [-0.05, 0) is 53.0 Å². The first kappa shape index (κ1) is 16.1. The Morgan fingerprint density at radius 2 is 2.00 bits per heavy atom. The maximum Gasteiger partial charge on any atom is 0.255 e. The van der Waals surface area contributed by atoms with E-state index in [1.807, 2.05) is 18.7 Å². The lowest BCUT2D eigenvalue weighted by Gasteiger charge is -2.39. The minimum Gasteiger partial charge on any atom is -0.474 e. The summed E-state index contributed by atoms with van der Waals surface area (Å²) in [5.41, 5.74) is 0.525. The second kappa shape index (κ2) is 6.65. The van der Waals surface area contributed by atoms with Gasteiger partial charge in [0.15, 0.2) is 0 Å². The Bertz CT molecular complexity index is 509. The van der Waals surface area contributed by atoms with Gasteiger partial charge in [0.25, 0.3) is 5.91 Å². The number of nitrogens with zero attached hydrogens (tertiary/aromatic N) is 2. The number of carbonyl (C=O) groups is 1. The van der Waals surface area contributed by atoms with Crippen LogP contribution in [0.25, 0.3) is 0 Å². The maximum atomic E-state index is 12.7. The average molecular weight is 311 g/mol. The van der Waals surface area contributed by atoms with Crippen molar-refractivity contribution in [1.29, 1.82) is 0 Å². The van der Waals surface area contributed by atoms with Crippen LogP contribution >= 0.6 is 11.6 Å². The molecule has 4 nitrogen and oxygen atoms in total. The third kappa shape index (κ3) is 3.67. The van der Waals surface area contributed by atoms with Crippen LogP contribution in [0.3, 0.4) is 0 Å². The Morgan fingerprint density at radius 3 is 2.52 bits per heavy atom. The molecular formula is C16H23ClN2O2. The zero-order chi connectivity index (χ0) is 15.6. The molecule has 116 valence electrons. The van der Waals surface area contributed by atoms with Crippen LogP contribution in [0.4, 0.5) is 0 Å². The molecule has 0 aliphatic carbocycles. The van der Waals surface area contributed by atoms with Gasteiger partial charge in [-0.3, -0.25) is 4.79 Å². The molecule has 0 saturated carbocycles. The molecule has 1 amide bonds. The molecule has 1 aliphatic heterocycles. The Labute approximate surface area is 131 Å². The van der Waals surface area contributed by atoms with Gasteiger partial charge < -0.3 is 9.64 Å². The van der Waals surface area contributed by atoms with Crippen molar-refractivity contribution in [3.8, 4) is 5.88 Å². The minimum absolute atomic E-state index is 0.000182. The van der Waals surface area contributed by atoms with Gasteiger partial charge in [-0.2, -0.15) is 0 Å². The van der Waals surface area contributed by atoms with Crippen molar-refractivity contribution in [3.05, 3.63) is 22.8 Å². The van der Waals surface area contributed by atoms with E-state index in [9.17, 15) is 4.79 Å². The highest BCUT2D eigenvalue weighted by molar-refractivity contribution is 6.32. The molecule has 0 radical (unpaired) electrons. The molecule has 0 bridgehead atoms. The summed E-state index contributed by atoms with van der Waals surface area (Å²) in [5, 5.41) is 0.381. The van der Waals surface area contributed by atoms with E-state index >= 15 is 0 Å². The summed E-state index contributed by atoms with van der Waals surface area (Å²) < 4.78 is 5.50. The molecule has 2 heterocycles. The Hall–Kier alpha value is -1.29. The van der Waals surface area contributed by atoms with E-state index in [-0.39, 0.29) is 24.1 Å². The van der Waals surface area contributed by atoms with Crippen LogP contribution in [-0.2, 0) is 0 Å². The number of amides is 1. The third-order valence-electron chi connectivity index (χ3n) is 3.83. The number of carbonyl (C=O) groups excluding carboxylic acids is 1. The fraction of sp³-hybridized carbons (Fsp3) is 0.625. The zero-order valence-electron chi connectivity index (χ0n) is 13.1. The summed E-state index contributed by atoms with van der Waals surface area (Å²) in [6.07, 6.45) is 4.82. The molecule has 1 saturated heterocycles. The second-order valence-corrected chi connectivity index (χ2v) is 6.43. The second-order valence-electron chi connectivity index (χ2n) is 6.02. The van der Waals surface area contributed by atoms with Gasteiger partial charge in [0.05, 0.1) is 11.7 Å². The quantitative estimate of drug-likeness (QED) is 0.849. The van der Waals surface area contributed by atoms with Crippen LogP contribution in [0.15, 0.2) is 12.3 Å². The standard InChI is InChI=1S/C16H23ClN2O2/c1-10(2)21-15-14(17)8-13(9-18-15)16(20)19-11(3)6-5-7-12(19)4/h8-12H,5-7H2,1-4H3/t11-,12+. The first-order valence-electron chi connectivity index (χ1n) is 7.55. The van der Waals surface area contributed by atoms with Gasteiger partial charge in [0.2, 0.25) is 5.88 Å². The van der Waals surface area contributed by atoms with Gasteiger partial charge in [0.1, 0.15) is 5.02 Å². The van der Waals surface area contributed by atoms with Crippen molar-refractivity contribution in [2.45, 2.75) is 65.1 Å². The fourth-order valence-corrected chi connectivity index (χ4v) is 3.03. The molecule has 5 heteroatoms. The molecule has 1 fully saturated rings. The topological polar surface area (TPSA) is 42.4 Å². The average Bonchev–Trinajstić information content (AvgIpc) is 2.40. The first-order valence-corrected chi connectivity index (χ1v) is 7.92. The smallest absolute Gasteiger partial charge is 0.255 e. The molecule has 1 aromatic rings. The number of aromatic nitrogens is 1. The Kier molecular flexibility index (Phi) is 5.09. The molecule has 0 aromatic carbocycles. The molecule has 0 N–H and O–H groups in total. The number of pyridine rings is 1. The summed E-state index contributed by atoms with van der Waals surface area (Å²) in [6, 6.07) is 2.17. The molecule has 0 unspecified atom stereocenters. The summed E-state index contributed by atoms with van der Waals surface area (Å²) >= 11 is 6.17. The predicted molar refractivity (Wildman–Crippen MR) is 84.0 cm³/mol. The lowest BCUT2D eigenvalue weighted by Crippen LogP contribution is -2.47. The third-order valence-corrected chi connectivity index (χ3v) is 4.10. The summed E-state index contributed by atoms with van der Waals surface area (Å²) in [7, 11) is 0. The lowest BCUT2D eigenvalue weighted by molar-refractivity contribution is 0.0510. The van der Waals surface area contributed by atoms with Crippen molar-refractivity contribution in [3.63, 3.8) is 0 Å². The van der Waals surface area contributed by atoms with Gasteiger partial charge in [0, 0.05) is 18.3 Å². The van der Waals surface area contributed by atoms with Crippen molar-refractivity contribution in [1.82, 2.24) is 9.88 Å². The van der Waals surface area contributed by atoms with Gasteiger partial charge in [-0.25, -0.2) is 4.98 Å². The Balaban J connectivity index is 2.21. The monoisotopic (exact) mass is 310 g/mol. The number of piperidine rings is 1. The SMILES string of the molecule is CC(C)Oc1ncc(C(=O)N2[C@H](C)CCC[C@@H]2C)cc1Cl. The highest BCUT2D eigenvalue weighted by atomic mass is 35.5. The highest BCUT2D eigenvalue weighted by Gasteiger charge is 2.30. The first-order chi connectivity index (χ1) is 9.90. The van der Waals surface area contributed by atoms with E-state index in [2.05, 4.69) is 18.8 Å². The zero-order valence-corrected chi connectivity index (χ0v) is 13.9. The van der Waals surface area contributed by atoms with E-state index in [0.29, 0.717) is 16.5 Å². The Morgan fingerprint density at radius 1 is 1.38 bits per heavy atom. The molecule has 1 aromatic heterocycles. The van der Waals surface area contributed by atoms with E-state index in [0.717, 1.165) is 12.8 Å². The molecule has 0 spiro atoms. The summed E-state index contributed by atoms with van der Waals surface area (Å²) in [5.74, 6) is 0.378. The maximum absolute atomic E-state index is 12.7.